The van der Waals surface area contributed by atoms with Crippen LogP contribution in [0.15, 0.2) is 78.0 Å². The minimum absolute atomic E-state index is 0.0966. The van der Waals surface area contributed by atoms with Crippen molar-refractivity contribution in [2.24, 2.45) is 0 Å². The highest BCUT2D eigenvalue weighted by molar-refractivity contribution is 7.98. The molecule has 3 nitrogen and oxygen atoms in total. The van der Waals surface area contributed by atoms with Gasteiger partial charge in [0.15, 0.2) is 11.0 Å². The molecule has 4 aromatic rings. The van der Waals surface area contributed by atoms with Crippen molar-refractivity contribution < 1.29 is 4.39 Å². The van der Waals surface area contributed by atoms with Crippen LogP contribution in [-0.4, -0.2) is 14.8 Å². The number of hydrogen-bond donors (Lipinski definition) is 0. The lowest BCUT2D eigenvalue weighted by Gasteiger charge is -2.19. The summed E-state index contributed by atoms with van der Waals surface area (Å²) in [5.74, 6) is 1.27. The molecular formula is C26H26FN3S. The second-order valence-electron chi connectivity index (χ2n) is 8.72. The van der Waals surface area contributed by atoms with Crippen LogP contribution in [0.2, 0.25) is 0 Å². The normalized spacial score (nSPS) is 11.6. The predicted molar refractivity (Wildman–Crippen MR) is 126 cm³/mol. The Hall–Kier alpha value is -2.92. The van der Waals surface area contributed by atoms with Crippen LogP contribution in [0.3, 0.4) is 0 Å². The molecule has 1 heterocycles. The number of hydrogen-bond acceptors (Lipinski definition) is 3. The number of rotatable bonds is 5. The Morgan fingerprint density at radius 1 is 0.839 bits per heavy atom. The Morgan fingerprint density at radius 2 is 1.48 bits per heavy atom. The third-order valence-corrected chi connectivity index (χ3v) is 6.22. The molecule has 5 heteroatoms. The average Bonchev–Trinajstić information content (AvgIpc) is 3.17. The lowest BCUT2D eigenvalue weighted by atomic mass is 9.87. The molecule has 0 aliphatic carbocycles. The van der Waals surface area contributed by atoms with Gasteiger partial charge in [-0.05, 0) is 47.7 Å². The van der Waals surface area contributed by atoms with Gasteiger partial charge < -0.3 is 0 Å². The molecule has 3 aromatic carbocycles. The van der Waals surface area contributed by atoms with Gasteiger partial charge in [-0.3, -0.25) is 4.57 Å². The summed E-state index contributed by atoms with van der Waals surface area (Å²) in [6, 6.07) is 23.5. The molecular weight excluding hydrogens is 405 g/mol. The van der Waals surface area contributed by atoms with E-state index in [9.17, 15) is 4.39 Å². The third-order valence-electron chi connectivity index (χ3n) is 5.22. The zero-order chi connectivity index (χ0) is 22.0. The molecule has 0 bridgehead atoms. The van der Waals surface area contributed by atoms with Gasteiger partial charge in [-0.15, -0.1) is 10.2 Å². The van der Waals surface area contributed by atoms with Crippen LogP contribution in [0.4, 0.5) is 4.39 Å². The number of benzene rings is 3. The van der Waals surface area contributed by atoms with Crippen LogP contribution in [-0.2, 0) is 11.2 Å². The van der Waals surface area contributed by atoms with E-state index in [2.05, 4.69) is 91.0 Å². The van der Waals surface area contributed by atoms with Crippen molar-refractivity contribution in [2.45, 2.75) is 44.0 Å². The van der Waals surface area contributed by atoms with E-state index in [1.807, 2.05) is 0 Å². The maximum absolute atomic E-state index is 13.2. The number of aromatic nitrogens is 3. The highest BCUT2D eigenvalue weighted by Crippen LogP contribution is 2.31. The van der Waals surface area contributed by atoms with Crippen LogP contribution >= 0.6 is 11.8 Å². The lowest BCUT2D eigenvalue weighted by Crippen LogP contribution is -2.10. The van der Waals surface area contributed by atoms with Gasteiger partial charge in [0.1, 0.15) is 5.82 Å². The summed E-state index contributed by atoms with van der Waals surface area (Å²) in [5, 5.41) is 9.84. The smallest absolute Gasteiger partial charge is 0.196 e. The van der Waals surface area contributed by atoms with Gasteiger partial charge in [0, 0.05) is 17.0 Å². The van der Waals surface area contributed by atoms with Crippen LogP contribution in [0.1, 0.15) is 37.5 Å². The van der Waals surface area contributed by atoms with Gasteiger partial charge in [-0.25, -0.2) is 4.39 Å². The van der Waals surface area contributed by atoms with Gasteiger partial charge in [0.2, 0.25) is 0 Å². The Balaban J connectivity index is 1.71. The molecule has 0 unspecified atom stereocenters. The molecule has 0 N–H and O–H groups in total. The van der Waals surface area contributed by atoms with E-state index >= 15 is 0 Å². The maximum atomic E-state index is 13.2. The van der Waals surface area contributed by atoms with Crippen molar-refractivity contribution >= 4 is 11.8 Å². The minimum atomic E-state index is -0.224. The quantitative estimate of drug-likeness (QED) is 0.320. The molecule has 0 atom stereocenters. The molecule has 0 amide bonds. The summed E-state index contributed by atoms with van der Waals surface area (Å²) in [7, 11) is 0. The van der Waals surface area contributed by atoms with E-state index < -0.39 is 0 Å². The van der Waals surface area contributed by atoms with E-state index in [1.165, 1.54) is 23.3 Å². The topological polar surface area (TPSA) is 30.7 Å². The second-order valence-corrected chi connectivity index (χ2v) is 9.66. The Morgan fingerprint density at radius 3 is 2.10 bits per heavy atom. The fraction of sp³-hybridized carbons (Fsp3) is 0.231. The Kier molecular flexibility index (Phi) is 5.96. The summed E-state index contributed by atoms with van der Waals surface area (Å²) in [6.45, 7) is 8.70. The average molecular weight is 432 g/mol. The molecule has 0 radical (unpaired) electrons. The predicted octanol–water partition coefficient (Wildman–Crippen LogP) is 6.97. The van der Waals surface area contributed by atoms with Crippen molar-refractivity contribution in [3.8, 4) is 17.1 Å². The second kappa shape index (κ2) is 8.67. The fourth-order valence-corrected chi connectivity index (χ4v) is 4.23. The SMILES string of the molecule is Cc1ccc(-n2c(SCc3ccc(F)cc3)nnc2-c2ccc(C(C)(C)C)cc2)cc1. The van der Waals surface area contributed by atoms with E-state index in [1.54, 1.807) is 23.9 Å². The first kappa shape index (κ1) is 21.3. The Bertz CT molecular complexity index is 1160. The molecule has 0 saturated carbocycles. The van der Waals surface area contributed by atoms with Crippen molar-refractivity contribution in [3.63, 3.8) is 0 Å². The number of thioether (sulfide) groups is 1. The van der Waals surface area contributed by atoms with Gasteiger partial charge >= 0.3 is 0 Å². The first-order chi connectivity index (χ1) is 14.8. The minimum Gasteiger partial charge on any atom is -0.270 e. The summed E-state index contributed by atoms with van der Waals surface area (Å²) in [5.41, 5.74) is 5.67. The summed E-state index contributed by atoms with van der Waals surface area (Å²) >= 11 is 1.59. The first-order valence-corrected chi connectivity index (χ1v) is 11.3. The highest BCUT2D eigenvalue weighted by atomic mass is 32.2. The van der Waals surface area contributed by atoms with Crippen molar-refractivity contribution in [1.29, 1.82) is 0 Å². The fourth-order valence-electron chi connectivity index (χ4n) is 3.32. The third kappa shape index (κ3) is 4.88. The van der Waals surface area contributed by atoms with Crippen LogP contribution in [0.25, 0.3) is 17.1 Å². The van der Waals surface area contributed by atoms with Gasteiger partial charge in [-0.2, -0.15) is 0 Å². The first-order valence-electron chi connectivity index (χ1n) is 10.3. The van der Waals surface area contributed by atoms with E-state index in [0.717, 1.165) is 27.8 Å². The van der Waals surface area contributed by atoms with Crippen LogP contribution in [0.5, 0.6) is 0 Å². The summed E-state index contributed by atoms with van der Waals surface area (Å²) in [4.78, 5) is 0. The molecule has 0 aliphatic rings. The highest BCUT2D eigenvalue weighted by Gasteiger charge is 2.18. The largest absolute Gasteiger partial charge is 0.270 e. The number of aryl methyl sites for hydroxylation is 1. The van der Waals surface area contributed by atoms with Gasteiger partial charge in [0.05, 0.1) is 0 Å². The summed E-state index contributed by atoms with van der Waals surface area (Å²) in [6.07, 6.45) is 0. The molecule has 4 rings (SSSR count). The zero-order valence-electron chi connectivity index (χ0n) is 18.3. The standard InChI is InChI=1S/C26H26FN3S/c1-18-5-15-23(16-6-18)30-24(20-9-11-21(12-10-20)26(2,3)4)28-29-25(30)31-17-19-7-13-22(27)14-8-19/h5-16H,17H2,1-4H3. The van der Waals surface area contributed by atoms with Gasteiger partial charge in [-0.1, -0.05) is 86.6 Å². The number of halogens is 1. The van der Waals surface area contributed by atoms with Crippen molar-refractivity contribution in [3.05, 3.63) is 95.3 Å². The van der Waals surface area contributed by atoms with E-state index in [4.69, 9.17) is 0 Å². The van der Waals surface area contributed by atoms with Crippen molar-refractivity contribution in [2.75, 3.05) is 0 Å². The van der Waals surface area contributed by atoms with E-state index in [0.29, 0.717) is 5.75 Å². The van der Waals surface area contributed by atoms with Gasteiger partial charge in [0.25, 0.3) is 0 Å². The maximum Gasteiger partial charge on any atom is 0.196 e. The summed E-state index contributed by atoms with van der Waals surface area (Å²) < 4.78 is 15.3. The molecule has 1 aromatic heterocycles. The van der Waals surface area contributed by atoms with E-state index in [-0.39, 0.29) is 11.2 Å². The monoisotopic (exact) mass is 431 g/mol. The molecule has 31 heavy (non-hydrogen) atoms. The number of nitrogens with zero attached hydrogens (tertiary/aromatic N) is 3. The lowest BCUT2D eigenvalue weighted by molar-refractivity contribution is 0.590. The van der Waals surface area contributed by atoms with Crippen molar-refractivity contribution in [1.82, 2.24) is 14.8 Å². The molecule has 0 saturated heterocycles. The van der Waals surface area contributed by atoms with Crippen LogP contribution < -0.4 is 0 Å². The molecule has 0 fully saturated rings. The molecule has 158 valence electrons. The molecule has 0 spiro atoms. The molecule has 0 aliphatic heterocycles. The zero-order valence-corrected chi connectivity index (χ0v) is 19.1. The Labute approximate surface area is 187 Å². The van der Waals surface area contributed by atoms with Crippen LogP contribution in [0, 0.1) is 12.7 Å².